The van der Waals surface area contributed by atoms with Gasteiger partial charge in [-0.2, -0.15) is 0 Å². The van der Waals surface area contributed by atoms with Crippen molar-refractivity contribution in [2.24, 2.45) is 0 Å². The lowest BCUT2D eigenvalue weighted by atomic mass is 9.76. The van der Waals surface area contributed by atoms with Gasteiger partial charge in [-0.15, -0.1) is 0 Å². The largest absolute Gasteiger partial charge is 0.448 e. The summed E-state index contributed by atoms with van der Waals surface area (Å²) in [6.45, 7) is 21.6. The molecule has 0 aliphatic rings. The lowest BCUT2D eigenvalue weighted by Crippen LogP contribution is -2.25. The van der Waals surface area contributed by atoms with Crippen LogP contribution in [0.15, 0.2) is 21.3 Å². The predicted molar refractivity (Wildman–Crippen MR) is 106 cm³/mol. The molecular weight excluding hydrogens is 324 g/mol. The molecule has 0 N–H and O–H groups in total. The van der Waals surface area contributed by atoms with Crippen LogP contribution in [0.4, 0.5) is 0 Å². The van der Waals surface area contributed by atoms with E-state index in [1.165, 1.54) is 0 Å². The Labute approximate surface area is 158 Å². The molecule has 4 nitrogen and oxygen atoms in total. The fourth-order valence-corrected chi connectivity index (χ4v) is 2.74. The van der Waals surface area contributed by atoms with Crippen LogP contribution in [0.5, 0.6) is 0 Å². The number of oxazole rings is 2. The summed E-state index contributed by atoms with van der Waals surface area (Å²) in [5.74, 6) is 2.55. The maximum atomic E-state index is 6.09. The molecule has 146 valence electrons. The molecule has 2 aromatic heterocycles. The predicted octanol–water partition coefficient (Wildman–Crippen LogP) is 6.29. The quantitative estimate of drug-likeness (QED) is 0.628. The minimum Gasteiger partial charge on any atom is -0.448 e. The van der Waals surface area contributed by atoms with Crippen LogP contribution >= 0.6 is 0 Å². The molecule has 0 atom stereocenters. The molecule has 26 heavy (non-hydrogen) atoms. The Kier molecular flexibility index (Phi) is 5.22. The lowest BCUT2D eigenvalue weighted by Gasteiger charge is -2.28. The maximum Gasteiger partial charge on any atom is 0.199 e. The zero-order chi connectivity index (χ0) is 20.0. The zero-order valence-corrected chi connectivity index (χ0v) is 18.3. The summed E-state index contributed by atoms with van der Waals surface area (Å²) in [5, 5.41) is 0. The Morgan fingerprint density at radius 2 is 1.31 bits per heavy atom. The third-order valence-corrected chi connectivity index (χ3v) is 5.03. The van der Waals surface area contributed by atoms with Crippen molar-refractivity contribution in [3.05, 3.63) is 35.7 Å². The van der Waals surface area contributed by atoms with E-state index in [1.54, 1.807) is 0 Å². The Bertz CT molecular complexity index is 673. The number of rotatable bonds is 5. The number of hydrogen-bond donors (Lipinski definition) is 0. The van der Waals surface area contributed by atoms with Gasteiger partial charge in [0.15, 0.2) is 11.8 Å². The van der Waals surface area contributed by atoms with Gasteiger partial charge in [0.1, 0.15) is 12.0 Å². The fourth-order valence-electron chi connectivity index (χ4n) is 2.74. The monoisotopic (exact) mass is 360 g/mol. The van der Waals surface area contributed by atoms with Crippen LogP contribution in [0.1, 0.15) is 105 Å². The highest BCUT2D eigenvalue weighted by Gasteiger charge is 2.33. The van der Waals surface area contributed by atoms with Gasteiger partial charge in [0.05, 0.1) is 11.9 Å². The van der Waals surface area contributed by atoms with Crippen molar-refractivity contribution in [2.75, 3.05) is 0 Å². The summed E-state index contributed by atoms with van der Waals surface area (Å²) in [6, 6.07) is 0. The van der Waals surface area contributed by atoms with Crippen molar-refractivity contribution >= 4 is 0 Å². The van der Waals surface area contributed by atoms with Crippen molar-refractivity contribution in [3.8, 4) is 0 Å². The normalized spacial score (nSPS) is 14.1. The molecule has 0 amide bonds. The summed E-state index contributed by atoms with van der Waals surface area (Å²) in [4.78, 5) is 9.25. The summed E-state index contributed by atoms with van der Waals surface area (Å²) >= 11 is 0. The van der Waals surface area contributed by atoms with Crippen LogP contribution in [-0.2, 0) is 21.7 Å². The van der Waals surface area contributed by atoms with Crippen molar-refractivity contribution in [1.29, 1.82) is 0 Å². The lowest BCUT2D eigenvalue weighted by molar-refractivity contribution is 0.292. The molecule has 0 spiro atoms. The molecule has 2 aromatic rings. The first-order chi connectivity index (χ1) is 11.6. The summed E-state index contributed by atoms with van der Waals surface area (Å²) < 4.78 is 11.8. The first kappa shape index (κ1) is 20.7. The van der Waals surface area contributed by atoms with Gasteiger partial charge in [-0.1, -0.05) is 69.2 Å². The van der Waals surface area contributed by atoms with Crippen LogP contribution in [0, 0.1) is 0 Å². The van der Waals surface area contributed by atoms with Gasteiger partial charge < -0.3 is 8.83 Å². The summed E-state index contributed by atoms with van der Waals surface area (Å²) in [7, 11) is 0. The average Bonchev–Trinajstić information content (AvgIpc) is 3.13. The molecule has 0 unspecified atom stereocenters. The van der Waals surface area contributed by atoms with E-state index in [-0.39, 0.29) is 21.7 Å². The van der Waals surface area contributed by atoms with Gasteiger partial charge in [0, 0.05) is 21.7 Å². The highest BCUT2D eigenvalue weighted by atomic mass is 16.4. The summed E-state index contributed by atoms with van der Waals surface area (Å²) in [6.07, 6.45) is 5.68. The third-order valence-electron chi connectivity index (χ3n) is 5.03. The van der Waals surface area contributed by atoms with E-state index in [1.807, 2.05) is 12.5 Å². The molecule has 0 fully saturated rings. The standard InChI is InChI=1S/C22H36N2O2/c1-19(2,3)17-23-13-16(26-17)22(9,10)12-11-21(7,8)15-14-25-18(24-15)20(4,5)6/h13-14H,11-12H2,1-10H3. The van der Waals surface area contributed by atoms with Gasteiger partial charge >= 0.3 is 0 Å². The van der Waals surface area contributed by atoms with Gasteiger partial charge in [0.25, 0.3) is 0 Å². The van der Waals surface area contributed by atoms with Crippen molar-refractivity contribution in [3.63, 3.8) is 0 Å². The second kappa shape index (κ2) is 6.54. The van der Waals surface area contributed by atoms with Crippen LogP contribution in [0.3, 0.4) is 0 Å². The number of nitrogens with zero attached hydrogens (tertiary/aromatic N) is 2. The Balaban J connectivity index is 2.12. The summed E-state index contributed by atoms with van der Waals surface area (Å²) in [5.41, 5.74) is 0.738. The third kappa shape index (κ3) is 4.57. The zero-order valence-electron chi connectivity index (χ0n) is 18.3. The molecule has 4 heteroatoms. The molecule has 0 aromatic carbocycles. The van der Waals surface area contributed by atoms with E-state index < -0.39 is 0 Å². The van der Waals surface area contributed by atoms with Crippen LogP contribution in [0.2, 0.25) is 0 Å². The molecule has 2 rings (SSSR count). The molecule has 0 aliphatic carbocycles. The van der Waals surface area contributed by atoms with E-state index in [9.17, 15) is 0 Å². The Morgan fingerprint density at radius 3 is 1.77 bits per heavy atom. The van der Waals surface area contributed by atoms with E-state index in [2.05, 4.69) is 74.2 Å². The van der Waals surface area contributed by atoms with Crippen LogP contribution in [-0.4, -0.2) is 9.97 Å². The van der Waals surface area contributed by atoms with Crippen molar-refractivity contribution in [2.45, 2.75) is 104 Å². The van der Waals surface area contributed by atoms with E-state index in [4.69, 9.17) is 13.8 Å². The molecule has 0 radical (unpaired) electrons. The van der Waals surface area contributed by atoms with Gasteiger partial charge in [-0.05, 0) is 12.8 Å². The first-order valence-corrected chi connectivity index (χ1v) is 9.56. The van der Waals surface area contributed by atoms with Crippen molar-refractivity contribution < 1.29 is 8.83 Å². The Morgan fingerprint density at radius 1 is 0.769 bits per heavy atom. The molecule has 0 bridgehead atoms. The average molecular weight is 361 g/mol. The second-order valence-corrected chi connectivity index (χ2v) is 10.8. The minimum absolute atomic E-state index is 0.0584. The highest BCUT2D eigenvalue weighted by molar-refractivity contribution is 5.16. The van der Waals surface area contributed by atoms with E-state index in [0.717, 1.165) is 36.1 Å². The molecular formula is C22H36N2O2. The fraction of sp³-hybridized carbons (Fsp3) is 0.727. The van der Waals surface area contributed by atoms with E-state index in [0.29, 0.717) is 0 Å². The Hall–Kier alpha value is -1.58. The molecule has 2 heterocycles. The maximum absolute atomic E-state index is 6.09. The molecule has 0 aliphatic heterocycles. The SMILES string of the molecule is CC(C)(C)c1nc(C(C)(C)CCC(C)(C)c2cnc(C(C)(C)C)o2)co1. The smallest absolute Gasteiger partial charge is 0.199 e. The number of hydrogen-bond acceptors (Lipinski definition) is 4. The van der Waals surface area contributed by atoms with Crippen LogP contribution in [0.25, 0.3) is 0 Å². The first-order valence-electron chi connectivity index (χ1n) is 9.56. The van der Waals surface area contributed by atoms with E-state index >= 15 is 0 Å². The molecule has 0 saturated carbocycles. The highest BCUT2D eigenvalue weighted by Crippen LogP contribution is 2.37. The van der Waals surface area contributed by atoms with Gasteiger partial charge in [-0.25, -0.2) is 9.97 Å². The molecule has 0 saturated heterocycles. The van der Waals surface area contributed by atoms with Gasteiger partial charge in [0.2, 0.25) is 0 Å². The van der Waals surface area contributed by atoms with Crippen molar-refractivity contribution in [1.82, 2.24) is 9.97 Å². The number of aromatic nitrogens is 2. The minimum atomic E-state index is -0.0790. The van der Waals surface area contributed by atoms with Crippen LogP contribution < -0.4 is 0 Å². The second-order valence-electron chi connectivity index (χ2n) is 10.8. The topological polar surface area (TPSA) is 52.1 Å². The van der Waals surface area contributed by atoms with Gasteiger partial charge in [-0.3, -0.25) is 0 Å².